The minimum atomic E-state index is -0.350. The summed E-state index contributed by atoms with van der Waals surface area (Å²) in [6, 6.07) is 13.8. The van der Waals surface area contributed by atoms with E-state index in [-0.39, 0.29) is 16.9 Å². The Labute approximate surface area is 175 Å². The van der Waals surface area contributed by atoms with E-state index in [4.69, 9.17) is 23.8 Å². The number of nitrogens with zero attached hydrogens (tertiary/aromatic N) is 1. The van der Waals surface area contributed by atoms with Crippen LogP contribution in [0.15, 0.2) is 48.5 Å². The molecule has 0 aromatic heterocycles. The molecule has 2 aromatic carbocycles. The lowest BCUT2D eigenvalue weighted by Crippen LogP contribution is -2.34. The molecule has 0 bridgehead atoms. The number of carbonyl (C=O) groups is 2. The molecule has 0 atom stereocenters. The van der Waals surface area contributed by atoms with Gasteiger partial charge in [0, 0.05) is 34.9 Å². The highest BCUT2D eigenvalue weighted by atomic mass is 35.5. The van der Waals surface area contributed by atoms with Gasteiger partial charge >= 0.3 is 0 Å². The number of hydrogen-bond donors (Lipinski definition) is 2. The van der Waals surface area contributed by atoms with Crippen LogP contribution in [0.4, 0.5) is 5.69 Å². The minimum absolute atomic E-state index is 0.0273. The van der Waals surface area contributed by atoms with E-state index in [2.05, 4.69) is 10.6 Å². The molecule has 0 unspecified atom stereocenters. The topological polar surface area (TPSA) is 61.4 Å². The van der Waals surface area contributed by atoms with Gasteiger partial charge in [0.15, 0.2) is 5.11 Å². The lowest BCUT2D eigenvalue weighted by atomic mass is 10.1. The van der Waals surface area contributed by atoms with E-state index in [0.717, 1.165) is 25.9 Å². The fourth-order valence-corrected chi connectivity index (χ4v) is 3.55. The molecule has 1 heterocycles. The van der Waals surface area contributed by atoms with Crippen LogP contribution in [0.5, 0.6) is 0 Å². The molecule has 146 valence electrons. The summed E-state index contributed by atoms with van der Waals surface area (Å²) in [7, 11) is 0. The van der Waals surface area contributed by atoms with Crippen molar-refractivity contribution in [3.8, 4) is 0 Å². The molecule has 0 spiro atoms. The number of anilines is 1. The normalized spacial score (nSPS) is 14.1. The Balaban J connectivity index is 1.62. The lowest BCUT2D eigenvalue weighted by Gasteiger charge is -2.20. The highest BCUT2D eigenvalue weighted by Crippen LogP contribution is 2.17. The van der Waals surface area contributed by atoms with Gasteiger partial charge in [0.25, 0.3) is 11.8 Å². The first kappa shape index (κ1) is 20.3. The van der Waals surface area contributed by atoms with E-state index >= 15 is 0 Å². The molecule has 1 aliphatic heterocycles. The maximum absolute atomic E-state index is 12.8. The Morgan fingerprint density at radius 3 is 2.32 bits per heavy atom. The maximum Gasteiger partial charge on any atom is 0.257 e. The van der Waals surface area contributed by atoms with Gasteiger partial charge in [-0.3, -0.25) is 14.9 Å². The number of halogens is 1. The van der Waals surface area contributed by atoms with E-state index in [1.165, 1.54) is 12.8 Å². The van der Waals surface area contributed by atoms with Gasteiger partial charge < -0.3 is 10.2 Å². The number of likely N-dealkylation sites (tertiary alicyclic amines) is 1. The molecule has 1 aliphatic rings. The van der Waals surface area contributed by atoms with Crippen LogP contribution in [0.1, 0.15) is 46.4 Å². The van der Waals surface area contributed by atoms with Gasteiger partial charge in [0.05, 0.1) is 0 Å². The number of benzene rings is 2. The lowest BCUT2D eigenvalue weighted by molar-refractivity contribution is 0.0761. The van der Waals surface area contributed by atoms with Crippen molar-refractivity contribution < 1.29 is 9.59 Å². The molecule has 2 N–H and O–H groups in total. The molecule has 1 fully saturated rings. The van der Waals surface area contributed by atoms with Crippen LogP contribution < -0.4 is 10.6 Å². The van der Waals surface area contributed by atoms with Crippen LogP contribution in [-0.2, 0) is 0 Å². The number of thiocarbonyl (C=S) groups is 1. The SMILES string of the molecule is O=C(NC(=S)Nc1cccc(C(=O)N2CCCCCC2)c1)c1cccc(Cl)c1. The average molecular weight is 416 g/mol. The Morgan fingerprint density at radius 1 is 0.929 bits per heavy atom. The third-order valence-electron chi connectivity index (χ3n) is 4.57. The van der Waals surface area contributed by atoms with Gasteiger partial charge in [-0.15, -0.1) is 0 Å². The van der Waals surface area contributed by atoms with Crippen molar-refractivity contribution in [2.24, 2.45) is 0 Å². The first-order valence-electron chi connectivity index (χ1n) is 9.30. The average Bonchev–Trinajstić information content (AvgIpc) is 2.97. The maximum atomic E-state index is 12.8. The van der Waals surface area contributed by atoms with E-state index in [1.807, 2.05) is 4.90 Å². The fraction of sp³-hybridized carbons (Fsp3) is 0.286. The highest BCUT2D eigenvalue weighted by molar-refractivity contribution is 7.80. The number of carbonyl (C=O) groups excluding carboxylic acids is 2. The first-order chi connectivity index (χ1) is 13.5. The zero-order valence-electron chi connectivity index (χ0n) is 15.4. The molecule has 3 rings (SSSR count). The van der Waals surface area contributed by atoms with Crippen molar-refractivity contribution in [3.63, 3.8) is 0 Å². The van der Waals surface area contributed by atoms with Crippen LogP contribution >= 0.6 is 23.8 Å². The highest BCUT2D eigenvalue weighted by Gasteiger charge is 2.17. The number of nitrogens with one attached hydrogen (secondary N) is 2. The Bertz CT molecular complexity index is 879. The van der Waals surface area contributed by atoms with Gasteiger partial charge in [0.2, 0.25) is 0 Å². The molecule has 28 heavy (non-hydrogen) atoms. The molecule has 2 aromatic rings. The molecular formula is C21H22ClN3O2S. The zero-order valence-corrected chi connectivity index (χ0v) is 17.0. The molecule has 0 aliphatic carbocycles. The third-order valence-corrected chi connectivity index (χ3v) is 5.01. The zero-order chi connectivity index (χ0) is 19.9. The number of hydrogen-bond acceptors (Lipinski definition) is 3. The standard InChI is InChI=1S/C21H22ClN3O2S/c22-17-9-5-7-15(13-17)19(26)24-21(28)23-18-10-6-8-16(14-18)20(27)25-11-3-1-2-4-12-25/h5-10,13-14H,1-4,11-12H2,(H2,23,24,26,28). The van der Waals surface area contributed by atoms with Crippen molar-refractivity contribution in [3.05, 3.63) is 64.7 Å². The van der Waals surface area contributed by atoms with Gasteiger partial charge in [0.1, 0.15) is 0 Å². The van der Waals surface area contributed by atoms with Crippen molar-refractivity contribution in [2.75, 3.05) is 18.4 Å². The molecule has 7 heteroatoms. The summed E-state index contributed by atoms with van der Waals surface area (Å²) in [5, 5.41) is 6.22. The van der Waals surface area contributed by atoms with Crippen molar-refractivity contribution in [1.82, 2.24) is 10.2 Å². The van der Waals surface area contributed by atoms with Crippen LogP contribution in [0, 0.1) is 0 Å². The summed E-state index contributed by atoms with van der Waals surface area (Å²) in [5.41, 5.74) is 1.68. The summed E-state index contributed by atoms with van der Waals surface area (Å²) < 4.78 is 0. The summed E-state index contributed by atoms with van der Waals surface area (Å²) in [5.74, 6) is -0.323. The molecule has 2 amide bonds. The first-order valence-corrected chi connectivity index (χ1v) is 10.1. The second-order valence-corrected chi connectivity index (χ2v) is 7.55. The van der Waals surface area contributed by atoms with Crippen molar-refractivity contribution in [1.29, 1.82) is 0 Å². The summed E-state index contributed by atoms with van der Waals surface area (Å²) >= 11 is 11.1. The monoisotopic (exact) mass is 415 g/mol. The van der Waals surface area contributed by atoms with Crippen molar-refractivity contribution in [2.45, 2.75) is 25.7 Å². The Kier molecular flexibility index (Phi) is 7.01. The smallest absolute Gasteiger partial charge is 0.257 e. The van der Waals surface area contributed by atoms with Gasteiger partial charge in [-0.1, -0.05) is 36.6 Å². The predicted octanol–water partition coefficient (Wildman–Crippen LogP) is 4.48. The molecule has 0 radical (unpaired) electrons. The quantitative estimate of drug-likeness (QED) is 0.725. The Morgan fingerprint density at radius 2 is 1.61 bits per heavy atom. The second kappa shape index (κ2) is 9.66. The number of amides is 2. The molecule has 1 saturated heterocycles. The van der Waals surface area contributed by atoms with Crippen LogP contribution in [0.3, 0.4) is 0 Å². The summed E-state index contributed by atoms with van der Waals surface area (Å²) in [6.07, 6.45) is 4.44. The van der Waals surface area contributed by atoms with E-state index in [9.17, 15) is 9.59 Å². The van der Waals surface area contributed by atoms with Crippen LogP contribution in [-0.4, -0.2) is 34.9 Å². The van der Waals surface area contributed by atoms with Gasteiger partial charge in [-0.05, 0) is 61.5 Å². The minimum Gasteiger partial charge on any atom is -0.339 e. The summed E-state index contributed by atoms with van der Waals surface area (Å²) in [4.78, 5) is 26.9. The van der Waals surface area contributed by atoms with Crippen LogP contribution in [0.25, 0.3) is 0 Å². The molecule has 0 saturated carbocycles. The Hall–Kier alpha value is -2.44. The third kappa shape index (κ3) is 5.53. The van der Waals surface area contributed by atoms with E-state index < -0.39 is 0 Å². The summed E-state index contributed by atoms with van der Waals surface area (Å²) in [6.45, 7) is 1.59. The van der Waals surface area contributed by atoms with E-state index in [0.29, 0.717) is 21.8 Å². The fourth-order valence-electron chi connectivity index (χ4n) is 3.15. The van der Waals surface area contributed by atoms with Crippen molar-refractivity contribution >= 4 is 46.4 Å². The largest absolute Gasteiger partial charge is 0.339 e. The number of rotatable bonds is 3. The van der Waals surface area contributed by atoms with Crippen LogP contribution in [0.2, 0.25) is 5.02 Å². The molecule has 5 nitrogen and oxygen atoms in total. The van der Waals surface area contributed by atoms with E-state index in [1.54, 1.807) is 48.5 Å². The molecular weight excluding hydrogens is 394 g/mol. The van der Waals surface area contributed by atoms with Gasteiger partial charge in [-0.25, -0.2) is 0 Å². The predicted molar refractivity (Wildman–Crippen MR) is 116 cm³/mol. The van der Waals surface area contributed by atoms with Gasteiger partial charge in [-0.2, -0.15) is 0 Å². The second-order valence-electron chi connectivity index (χ2n) is 6.71.